The molecular weight excluding hydrogens is 456 g/mol. The first-order valence-electron chi connectivity index (χ1n) is 10.2. The van der Waals surface area contributed by atoms with Crippen LogP contribution >= 0.6 is 0 Å². The molecule has 1 aromatic heterocycles. The van der Waals surface area contributed by atoms with Gasteiger partial charge in [-0.05, 0) is 52.4 Å². The predicted octanol–water partition coefficient (Wildman–Crippen LogP) is 2.74. The van der Waals surface area contributed by atoms with Gasteiger partial charge < -0.3 is 10.1 Å². The fourth-order valence-corrected chi connectivity index (χ4v) is 4.66. The van der Waals surface area contributed by atoms with Crippen LogP contribution in [0.1, 0.15) is 15.9 Å². The van der Waals surface area contributed by atoms with Crippen LogP contribution in [-0.4, -0.2) is 53.0 Å². The van der Waals surface area contributed by atoms with Crippen molar-refractivity contribution >= 4 is 21.6 Å². The van der Waals surface area contributed by atoms with E-state index in [9.17, 15) is 13.2 Å². The van der Waals surface area contributed by atoms with Crippen molar-refractivity contribution in [2.45, 2.75) is 11.4 Å². The lowest BCUT2D eigenvalue weighted by Gasteiger charge is -2.19. The van der Waals surface area contributed by atoms with E-state index in [-0.39, 0.29) is 22.8 Å². The van der Waals surface area contributed by atoms with Crippen molar-refractivity contribution in [2.24, 2.45) is 0 Å². The van der Waals surface area contributed by atoms with Gasteiger partial charge in [0.25, 0.3) is 5.91 Å². The lowest BCUT2D eigenvalue weighted by atomic mass is 10.2. The highest BCUT2D eigenvalue weighted by atomic mass is 32.2. The van der Waals surface area contributed by atoms with Crippen molar-refractivity contribution in [1.82, 2.24) is 24.5 Å². The van der Waals surface area contributed by atoms with Crippen molar-refractivity contribution in [3.63, 3.8) is 0 Å². The minimum Gasteiger partial charge on any atom is -0.495 e. The monoisotopic (exact) mass is 478 g/mol. The Morgan fingerprint density at radius 2 is 1.85 bits per heavy atom. The summed E-state index contributed by atoms with van der Waals surface area (Å²) in [6.07, 6.45) is 1.44. The fraction of sp³-hybridized carbons (Fsp3) is 0.130. The van der Waals surface area contributed by atoms with E-state index < -0.39 is 15.9 Å². The molecule has 0 atom stereocenters. The molecule has 4 rings (SSSR count). The second kappa shape index (κ2) is 9.81. The maximum absolute atomic E-state index is 13.3. The number of anilines is 1. The molecule has 174 valence electrons. The average Bonchev–Trinajstić information content (AvgIpc) is 3.39. The molecule has 1 amide bonds. The van der Waals surface area contributed by atoms with Crippen molar-refractivity contribution in [2.75, 3.05) is 19.5 Å². The number of ether oxygens (including phenoxy) is 1. The Hall–Kier alpha value is -4.09. The third kappa shape index (κ3) is 4.95. The number of benzene rings is 3. The summed E-state index contributed by atoms with van der Waals surface area (Å²) in [5.74, 6) is -0.323. The maximum atomic E-state index is 13.3. The standard InChI is InChI=1S/C23H22N6O4S/c1-28(15-17-7-4-3-5-8-17)34(31,32)22-13-18(11-12-21(22)33-2)23(30)25-19-9-6-10-20(14-19)29-16-24-26-27-29/h3-14,16H,15H2,1-2H3,(H,25,30). The van der Waals surface area contributed by atoms with E-state index in [1.54, 1.807) is 24.3 Å². The average molecular weight is 479 g/mol. The van der Waals surface area contributed by atoms with Crippen LogP contribution in [0.25, 0.3) is 5.69 Å². The van der Waals surface area contributed by atoms with Gasteiger partial charge in [-0.25, -0.2) is 13.1 Å². The van der Waals surface area contributed by atoms with Crippen molar-refractivity contribution < 1.29 is 17.9 Å². The number of hydrogen-bond acceptors (Lipinski definition) is 7. The highest BCUT2D eigenvalue weighted by Gasteiger charge is 2.26. The molecule has 0 unspecified atom stereocenters. The van der Waals surface area contributed by atoms with E-state index in [1.165, 1.54) is 47.7 Å². The van der Waals surface area contributed by atoms with Crippen LogP contribution in [0.5, 0.6) is 5.75 Å². The first-order valence-corrected chi connectivity index (χ1v) is 11.7. The second-order valence-corrected chi connectivity index (χ2v) is 9.38. The first-order chi connectivity index (χ1) is 16.4. The Morgan fingerprint density at radius 3 is 2.56 bits per heavy atom. The molecule has 1 heterocycles. The zero-order chi connectivity index (χ0) is 24.1. The molecule has 10 nitrogen and oxygen atoms in total. The normalized spacial score (nSPS) is 11.4. The summed E-state index contributed by atoms with van der Waals surface area (Å²) in [5, 5.41) is 13.8. The lowest BCUT2D eigenvalue weighted by Crippen LogP contribution is -2.27. The van der Waals surface area contributed by atoms with Crippen LogP contribution in [0.2, 0.25) is 0 Å². The quantitative estimate of drug-likeness (QED) is 0.413. The highest BCUT2D eigenvalue weighted by molar-refractivity contribution is 7.89. The zero-order valence-corrected chi connectivity index (χ0v) is 19.3. The van der Waals surface area contributed by atoms with Crippen LogP contribution in [0.4, 0.5) is 5.69 Å². The minimum absolute atomic E-state index is 0.0940. The number of methoxy groups -OCH3 is 1. The summed E-state index contributed by atoms with van der Waals surface area (Å²) in [6.45, 7) is 0.173. The minimum atomic E-state index is -3.94. The molecule has 0 saturated carbocycles. The summed E-state index contributed by atoms with van der Waals surface area (Å²) in [4.78, 5) is 12.9. The van der Waals surface area contributed by atoms with Gasteiger partial charge in [-0.3, -0.25) is 4.79 Å². The summed E-state index contributed by atoms with van der Waals surface area (Å²) < 4.78 is 34.6. The van der Waals surface area contributed by atoms with Crippen LogP contribution in [0, 0.1) is 0 Å². The number of aromatic nitrogens is 4. The van der Waals surface area contributed by atoms with Crippen LogP contribution in [-0.2, 0) is 16.6 Å². The van der Waals surface area contributed by atoms with E-state index in [2.05, 4.69) is 20.8 Å². The third-order valence-electron chi connectivity index (χ3n) is 5.08. The number of carbonyl (C=O) groups is 1. The summed E-state index contributed by atoms with van der Waals surface area (Å²) in [6, 6.07) is 20.5. The number of amides is 1. The molecule has 0 aliphatic carbocycles. The number of hydrogen-bond donors (Lipinski definition) is 1. The molecular formula is C23H22N6O4S. The van der Waals surface area contributed by atoms with Crippen LogP contribution in [0.15, 0.2) is 84.0 Å². The molecule has 0 aliphatic heterocycles. The molecule has 11 heteroatoms. The predicted molar refractivity (Wildman–Crippen MR) is 125 cm³/mol. The molecule has 0 fully saturated rings. The van der Waals surface area contributed by atoms with Gasteiger partial charge in [-0.15, -0.1) is 5.10 Å². The molecule has 3 aromatic carbocycles. The van der Waals surface area contributed by atoms with Crippen molar-refractivity contribution in [1.29, 1.82) is 0 Å². The van der Waals surface area contributed by atoms with E-state index in [1.807, 2.05) is 30.3 Å². The third-order valence-corrected chi connectivity index (χ3v) is 6.90. The lowest BCUT2D eigenvalue weighted by molar-refractivity contribution is 0.102. The Balaban J connectivity index is 1.59. The largest absolute Gasteiger partial charge is 0.495 e. The maximum Gasteiger partial charge on any atom is 0.255 e. The molecule has 0 radical (unpaired) electrons. The van der Waals surface area contributed by atoms with Gasteiger partial charge >= 0.3 is 0 Å². The summed E-state index contributed by atoms with van der Waals surface area (Å²) >= 11 is 0. The van der Waals surface area contributed by atoms with Gasteiger partial charge in [0.2, 0.25) is 10.0 Å². The van der Waals surface area contributed by atoms with Gasteiger partial charge in [0.15, 0.2) is 0 Å². The number of tetrazole rings is 1. The zero-order valence-electron chi connectivity index (χ0n) is 18.5. The molecule has 4 aromatic rings. The Morgan fingerprint density at radius 1 is 1.06 bits per heavy atom. The Labute approximate surface area is 196 Å². The number of nitrogens with one attached hydrogen (secondary N) is 1. The van der Waals surface area contributed by atoms with Gasteiger partial charge in [-0.2, -0.15) is 4.31 Å². The molecule has 0 spiro atoms. The first kappa shape index (κ1) is 23.1. The highest BCUT2D eigenvalue weighted by Crippen LogP contribution is 2.28. The smallest absolute Gasteiger partial charge is 0.255 e. The van der Waals surface area contributed by atoms with Gasteiger partial charge in [0, 0.05) is 24.8 Å². The summed E-state index contributed by atoms with van der Waals surface area (Å²) in [5.41, 5.74) is 2.16. The SMILES string of the molecule is COc1ccc(C(=O)Nc2cccc(-n3cnnn3)c2)cc1S(=O)(=O)N(C)Cc1ccccc1. The second-order valence-electron chi connectivity index (χ2n) is 7.37. The van der Waals surface area contributed by atoms with Crippen LogP contribution < -0.4 is 10.1 Å². The van der Waals surface area contributed by atoms with Gasteiger partial charge in [0.1, 0.15) is 17.0 Å². The van der Waals surface area contributed by atoms with Gasteiger partial charge in [0.05, 0.1) is 12.8 Å². The molecule has 1 N–H and O–H groups in total. The number of carbonyl (C=O) groups excluding carboxylic acids is 1. The topological polar surface area (TPSA) is 119 Å². The molecule has 0 aliphatic rings. The van der Waals surface area contributed by atoms with E-state index >= 15 is 0 Å². The number of nitrogens with zero attached hydrogens (tertiary/aromatic N) is 5. The van der Waals surface area contributed by atoms with Crippen LogP contribution in [0.3, 0.4) is 0 Å². The molecule has 0 bridgehead atoms. The number of rotatable bonds is 8. The van der Waals surface area contributed by atoms with E-state index in [0.717, 1.165) is 5.56 Å². The molecule has 0 saturated heterocycles. The summed E-state index contributed by atoms with van der Waals surface area (Å²) in [7, 11) is -1.07. The Kier molecular flexibility index (Phi) is 6.66. The van der Waals surface area contributed by atoms with E-state index in [4.69, 9.17) is 4.74 Å². The molecule has 34 heavy (non-hydrogen) atoms. The van der Waals surface area contributed by atoms with Crippen molar-refractivity contribution in [3.8, 4) is 11.4 Å². The fourth-order valence-electron chi connectivity index (χ4n) is 3.32. The number of sulfonamides is 1. The van der Waals surface area contributed by atoms with E-state index in [0.29, 0.717) is 11.4 Å². The van der Waals surface area contributed by atoms with Crippen molar-refractivity contribution in [3.05, 3.63) is 90.3 Å². The van der Waals surface area contributed by atoms with Gasteiger partial charge in [-0.1, -0.05) is 36.4 Å². The Bertz CT molecular complexity index is 1390.